The smallest absolute Gasteiger partial charge is 0.221 e. The predicted octanol–water partition coefficient (Wildman–Crippen LogP) is 2.28. The Morgan fingerprint density at radius 1 is 1.42 bits per heavy atom. The fourth-order valence-corrected chi connectivity index (χ4v) is 4.57. The molecule has 0 radical (unpaired) electrons. The van der Waals surface area contributed by atoms with Crippen LogP contribution in [-0.4, -0.2) is 20.2 Å². The Hall–Kier alpha value is 0.347. The topological polar surface area (TPSA) is 82.9 Å². The van der Waals surface area contributed by atoms with Crippen molar-refractivity contribution in [2.45, 2.75) is 6.04 Å². The number of hydrogen-bond donors (Lipinski definition) is 0. The summed E-state index contributed by atoms with van der Waals surface area (Å²) in [6.07, 6.45) is 0. The second kappa shape index (κ2) is 4.55. The Kier molecular flexibility index (Phi) is 4.68. The summed E-state index contributed by atoms with van der Waals surface area (Å²) in [5.41, 5.74) is 7.82. The molecule has 10 heteroatoms. The molecule has 0 amide bonds. The van der Waals surface area contributed by atoms with Crippen molar-refractivity contribution in [2.75, 3.05) is 5.75 Å². The van der Waals surface area contributed by atoms with Crippen LogP contribution in [0.5, 0.6) is 0 Å². The standard InChI is InChI=1S/C2H4Cl3N3O2SSi/c3-12(4,5)2-1-11(9,10)8-7-6/h1-2H2. The second-order valence-electron chi connectivity index (χ2n) is 1.82. The third-order valence-corrected chi connectivity index (χ3v) is 4.73. The van der Waals surface area contributed by atoms with Crippen LogP contribution in [0, 0.1) is 0 Å². The summed E-state index contributed by atoms with van der Waals surface area (Å²) in [4.78, 5) is 2.13. The van der Waals surface area contributed by atoms with Gasteiger partial charge in [-0.1, -0.05) is 0 Å². The van der Waals surface area contributed by atoms with Crippen LogP contribution in [-0.2, 0) is 10.0 Å². The van der Waals surface area contributed by atoms with E-state index in [1.807, 2.05) is 0 Å². The normalized spacial score (nSPS) is 12.2. The van der Waals surface area contributed by atoms with Gasteiger partial charge in [0.05, 0.1) is 5.75 Å². The molecule has 0 heterocycles. The molecule has 0 fully saturated rings. The lowest BCUT2D eigenvalue weighted by atomic mass is 11.0. The van der Waals surface area contributed by atoms with Crippen molar-refractivity contribution in [3.63, 3.8) is 0 Å². The molecule has 0 aromatic heterocycles. The highest BCUT2D eigenvalue weighted by Crippen LogP contribution is 2.25. The first-order valence-electron chi connectivity index (χ1n) is 2.63. The molecule has 0 rings (SSSR count). The molecule has 0 saturated carbocycles. The molecule has 5 nitrogen and oxygen atoms in total. The van der Waals surface area contributed by atoms with E-state index in [-0.39, 0.29) is 6.04 Å². The lowest BCUT2D eigenvalue weighted by molar-refractivity contribution is 0.598. The third-order valence-electron chi connectivity index (χ3n) is 0.804. The van der Waals surface area contributed by atoms with Crippen LogP contribution in [0.4, 0.5) is 0 Å². The highest BCUT2D eigenvalue weighted by molar-refractivity contribution is 7.90. The van der Waals surface area contributed by atoms with Crippen molar-refractivity contribution in [1.29, 1.82) is 0 Å². The van der Waals surface area contributed by atoms with Crippen LogP contribution in [0.3, 0.4) is 0 Å². The summed E-state index contributed by atoms with van der Waals surface area (Å²) < 4.78 is 24.0. The van der Waals surface area contributed by atoms with Crippen molar-refractivity contribution in [2.24, 2.45) is 4.52 Å². The maximum atomic E-state index is 10.7. The van der Waals surface area contributed by atoms with Gasteiger partial charge in [-0.05, 0) is 11.6 Å². The van der Waals surface area contributed by atoms with Gasteiger partial charge >= 0.3 is 6.00 Å². The predicted molar refractivity (Wildman–Crippen MR) is 51.1 cm³/mol. The van der Waals surface area contributed by atoms with Gasteiger partial charge in [0.25, 0.3) is 0 Å². The van der Waals surface area contributed by atoms with Crippen molar-refractivity contribution < 1.29 is 8.42 Å². The zero-order valence-corrected chi connectivity index (χ0v) is 9.70. The average Bonchev–Trinajstić information content (AvgIpc) is 1.83. The van der Waals surface area contributed by atoms with Crippen LogP contribution in [0.2, 0.25) is 6.04 Å². The van der Waals surface area contributed by atoms with E-state index in [2.05, 4.69) is 9.43 Å². The molecule has 0 unspecified atom stereocenters. The largest absolute Gasteiger partial charge is 0.342 e. The molecule has 0 aliphatic rings. The molecule has 0 bridgehead atoms. The maximum Gasteiger partial charge on any atom is 0.342 e. The minimum atomic E-state index is -3.78. The van der Waals surface area contributed by atoms with Crippen molar-refractivity contribution in [3.05, 3.63) is 10.4 Å². The summed E-state index contributed by atoms with van der Waals surface area (Å²) in [6.45, 7) is 0. The van der Waals surface area contributed by atoms with Gasteiger partial charge < -0.3 is 0 Å². The number of halogens is 3. The number of nitrogens with zero attached hydrogens (tertiary/aromatic N) is 3. The third kappa shape index (κ3) is 7.02. The zero-order chi connectivity index (χ0) is 9.83. The summed E-state index contributed by atoms with van der Waals surface area (Å²) in [5, 5.41) is 0. The van der Waals surface area contributed by atoms with Gasteiger partial charge in [-0.3, -0.25) is 0 Å². The second-order valence-corrected chi connectivity index (χ2v) is 12.8. The maximum absolute atomic E-state index is 10.7. The monoisotopic (exact) mass is 267 g/mol. The van der Waals surface area contributed by atoms with Gasteiger partial charge in [0.2, 0.25) is 10.0 Å². The summed E-state index contributed by atoms with van der Waals surface area (Å²) in [7, 11) is -3.78. The van der Waals surface area contributed by atoms with Gasteiger partial charge in [0, 0.05) is 9.43 Å². The fraction of sp³-hybridized carbons (Fsp3) is 1.00. The number of azide groups is 1. The van der Waals surface area contributed by atoms with Crippen molar-refractivity contribution >= 4 is 49.3 Å². The Morgan fingerprint density at radius 2 is 1.92 bits per heavy atom. The quantitative estimate of drug-likeness (QED) is 0.258. The van der Waals surface area contributed by atoms with E-state index in [4.69, 9.17) is 38.8 Å². The van der Waals surface area contributed by atoms with E-state index < -0.39 is 21.8 Å². The van der Waals surface area contributed by atoms with Gasteiger partial charge in [-0.2, -0.15) is 0 Å². The highest BCUT2D eigenvalue weighted by atomic mass is 35.8. The molecule has 0 aliphatic carbocycles. The first-order valence-corrected chi connectivity index (χ1v) is 9.48. The first-order chi connectivity index (χ1) is 5.27. The van der Waals surface area contributed by atoms with Crippen LogP contribution in [0.25, 0.3) is 10.4 Å². The lowest BCUT2D eigenvalue weighted by Gasteiger charge is -2.04. The number of rotatable bonds is 4. The molecule has 0 atom stereocenters. The summed E-state index contributed by atoms with van der Waals surface area (Å²) in [6, 6.07) is -3.01. The van der Waals surface area contributed by atoms with E-state index in [9.17, 15) is 8.42 Å². The van der Waals surface area contributed by atoms with E-state index in [0.29, 0.717) is 0 Å². The molecule has 0 aliphatic heterocycles. The molecule has 12 heavy (non-hydrogen) atoms. The minimum absolute atomic E-state index is 0.0704. The van der Waals surface area contributed by atoms with Crippen LogP contribution < -0.4 is 0 Å². The first kappa shape index (κ1) is 12.3. The molecular weight excluding hydrogens is 265 g/mol. The SMILES string of the molecule is [N-]=[N+]=NS(=O)(=O)CC[Si](Cl)(Cl)Cl. The van der Waals surface area contributed by atoms with Crippen molar-refractivity contribution in [3.8, 4) is 0 Å². The van der Waals surface area contributed by atoms with E-state index in [1.54, 1.807) is 0 Å². The van der Waals surface area contributed by atoms with Crippen LogP contribution in [0.1, 0.15) is 0 Å². The Morgan fingerprint density at radius 3 is 2.25 bits per heavy atom. The zero-order valence-electron chi connectivity index (χ0n) is 5.61. The Labute approximate surface area is 84.4 Å². The van der Waals surface area contributed by atoms with Gasteiger partial charge in [0.1, 0.15) is 0 Å². The summed E-state index contributed by atoms with van der Waals surface area (Å²) >= 11 is 16.2. The Bertz CT molecular complexity index is 291. The average molecular weight is 269 g/mol. The molecule has 0 N–H and O–H groups in total. The molecule has 70 valence electrons. The molecule has 0 spiro atoms. The van der Waals surface area contributed by atoms with Crippen LogP contribution >= 0.6 is 33.2 Å². The van der Waals surface area contributed by atoms with Gasteiger partial charge in [0.15, 0.2) is 0 Å². The highest BCUT2D eigenvalue weighted by Gasteiger charge is 2.27. The van der Waals surface area contributed by atoms with E-state index in [0.717, 1.165) is 0 Å². The van der Waals surface area contributed by atoms with E-state index in [1.165, 1.54) is 0 Å². The minimum Gasteiger partial charge on any atom is -0.221 e. The molecule has 0 aromatic carbocycles. The number of sulfonamides is 1. The Balaban J connectivity index is 4.21. The van der Waals surface area contributed by atoms with Gasteiger partial charge in [-0.25, -0.2) is 8.42 Å². The lowest BCUT2D eigenvalue weighted by Crippen LogP contribution is -2.15. The fourth-order valence-electron chi connectivity index (χ4n) is 0.341. The molecule has 0 aromatic rings. The van der Waals surface area contributed by atoms with Crippen LogP contribution in [0.15, 0.2) is 4.52 Å². The van der Waals surface area contributed by atoms with Crippen molar-refractivity contribution in [1.82, 2.24) is 0 Å². The van der Waals surface area contributed by atoms with Gasteiger partial charge in [-0.15, -0.1) is 33.2 Å². The number of hydrogen-bond acceptors (Lipinski definition) is 2. The van der Waals surface area contributed by atoms with E-state index >= 15 is 0 Å². The summed E-state index contributed by atoms with van der Waals surface area (Å²) in [5.74, 6) is -0.417. The molecular formula is C2H4Cl3N3O2SSi. The molecule has 0 saturated heterocycles.